The average Bonchev–Trinajstić information content (AvgIpc) is 3.15. The number of nitrogens with zero attached hydrogens (tertiary/aromatic N) is 5. The Morgan fingerprint density at radius 1 is 1.14 bits per heavy atom. The minimum absolute atomic E-state index is 0.0793. The van der Waals surface area contributed by atoms with Crippen molar-refractivity contribution in [2.45, 2.75) is 64.2 Å². The summed E-state index contributed by atoms with van der Waals surface area (Å²) in [5.74, 6) is -6.32. The quantitative estimate of drug-likeness (QED) is 0.622. The molecule has 8 nitrogen and oxygen atoms in total. The topological polar surface area (TPSA) is 81.9 Å². The lowest BCUT2D eigenvalue weighted by Gasteiger charge is -2.52. The van der Waals surface area contributed by atoms with Gasteiger partial charge in [0.05, 0.1) is 6.54 Å². The summed E-state index contributed by atoms with van der Waals surface area (Å²) in [5, 5.41) is 9.26. The number of fused-ring (bicyclic) bond motifs is 1. The molecule has 35 heavy (non-hydrogen) atoms. The fourth-order valence-electron chi connectivity index (χ4n) is 4.99. The van der Waals surface area contributed by atoms with Gasteiger partial charge in [-0.3, -0.25) is 9.69 Å². The molecule has 0 aromatic carbocycles. The Hall–Kier alpha value is -2.51. The second kappa shape index (κ2) is 9.17. The van der Waals surface area contributed by atoms with Gasteiger partial charge in [-0.25, -0.2) is 9.78 Å². The first-order valence-corrected chi connectivity index (χ1v) is 11.2. The van der Waals surface area contributed by atoms with E-state index >= 15 is 0 Å². The first-order chi connectivity index (χ1) is 16.0. The zero-order chi connectivity index (χ0) is 26.5. The normalized spacial score (nSPS) is 24.1. The van der Waals surface area contributed by atoms with Crippen LogP contribution >= 0.6 is 0 Å². The molecule has 3 heterocycles. The molecular formula is C21H29F6N5O3. The van der Waals surface area contributed by atoms with Gasteiger partial charge < -0.3 is 19.5 Å². The van der Waals surface area contributed by atoms with Crippen molar-refractivity contribution in [3.8, 4) is 0 Å². The molecule has 3 rings (SSSR count). The molecule has 2 unspecified atom stereocenters. The van der Waals surface area contributed by atoms with Crippen LogP contribution in [0.25, 0.3) is 0 Å². The molecule has 0 spiro atoms. The maximum atomic E-state index is 13.7. The predicted molar refractivity (Wildman–Crippen MR) is 112 cm³/mol. The van der Waals surface area contributed by atoms with Gasteiger partial charge in [0.25, 0.3) is 5.91 Å². The lowest BCUT2D eigenvalue weighted by Crippen LogP contribution is -2.65. The lowest BCUT2D eigenvalue weighted by molar-refractivity contribution is -0.310. The maximum Gasteiger partial charge on any atom is 0.407 e. The number of likely N-dealkylation sites (tertiary alicyclic amines) is 1. The van der Waals surface area contributed by atoms with Crippen LogP contribution in [-0.2, 0) is 13.1 Å². The van der Waals surface area contributed by atoms with Gasteiger partial charge in [0.15, 0.2) is 5.92 Å². The average molecular weight is 513 g/mol. The fraction of sp³-hybridized carbons (Fsp3) is 0.762. The number of halogens is 6. The molecule has 0 bridgehead atoms. The summed E-state index contributed by atoms with van der Waals surface area (Å²) < 4.78 is 84.0. The van der Waals surface area contributed by atoms with Crippen LogP contribution in [0.2, 0.25) is 0 Å². The van der Waals surface area contributed by atoms with Crippen molar-refractivity contribution in [3.63, 3.8) is 0 Å². The third kappa shape index (κ3) is 5.21. The van der Waals surface area contributed by atoms with Gasteiger partial charge >= 0.3 is 18.4 Å². The van der Waals surface area contributed by atoms with Crippen molar-refractivity contribution in [1.82, 2.24) is 24.3 Å². The zero-order valence-electron chi connectivity index (χ0n) is 19.8. The summed E-state index contributed by atoms with van der Waals surface area (Å²) >= 11 is 0. The highest BCUT2D eigenvalue weighted by Gasteiger charge is 2.65. The molecule has 1 aromatic heterocycles. The number of imidazole rings is 1. The number of piperidine rings is 1. The summed E-state index contributed by atoms with van der Waals surface area (Å²) in [7, 11) is 1.15. The minimum Gasteiger partial charge on any atom is -0.465 e. The van der Waals surface area contributed by atoms with Crippen LogP contribution in [0.4, 0.5) is 31.1 Å². The zero-order valence-corrected chi connectivity index (χ0v) is 19.8. The Labute approximate surface area is 198 Å². The highest BCUT2D eigenvalue weighted by atomic mass is 19.4. The number of aromatic nitrogens is 2. The highest BCUT2D eigenvalue weighted by molar-refractivity contribution is 5.92. The van der Waals surface area contributed by atoms with Crippen molar-refractivity contribution in [1.29, 1.82) is 0 Å². The SMILES string of the molecule is CC(C)N1CCn2cc(C(=O)N(C)C3(C)CCN(C(=O)O)CC3C(C(F)(F)F)C(F)(F)F)nc2C1. The number of carboxylic acid groups (broad SMARTS) is 1. The van der Waals surface area contributed by atoms with Gasteiger partial charge in [-0.1, -0.05) is 0 Å². The lowest BCUT2D eigenvalue weighted by atomic mass is 9.70. The molecule has 1 N–H and O–H groups in total. The van der Waals surface area contributed by atoms with Crippen molar-refractivity contribution in [2.75, 3.05) is 26.7 Å². The fourth-order valence-corrected chi connectivity index (χ4v) is 4.99. The standard InChI is InChI=1S/C21H29F6N5O3/c1-12(2)30-7-8-31-10-14(28-15(31)11-30)17(33)29(4)19(3)5-6-32(18(34)35)9-13(19)16(20(22,23)24)21(25,26)27/h10,12-13,16H,5-9,11H2,1-4H3,(H,34,35). The van der Waals surface area contributed by atoms with E-state index in [1.165, 1.54) is 6.20 Å². The van der Waals surface area contributed by atoms with Gasteiger partial charge in [0.2, 0.25) is 0 Å². The Morgan fingerprint density at radius 3 is 2.26 bits per heavy atom. The summed E-state index contributed by atoms with van der Waals surface area (Å²) in [5.41, 5.74) is -2.02. The van der Waals surface area contributed by atoms with E-state index in [0.717, 1.165) is 18.9 Å². The summed E-state index contributed by atoms with van der Waals surface area (Å²) in [4.78, 5) is 32.6. The van der Waals surface area contributed by atoms with E-state index in [0.29, 0.717) is 30.4 Å². The van der Waals surface area contributed by atoms with Gasteiger partial charge in [-0.2, -0.15) is 26.3 Å². The van der Waals surface area contributed by atoms with Crippen LogP contribution in [0.3, 0.4) is 0 Å². The number of carbonyl (C=O) groups is 2. The van der Waals surface area contributed by atoms with Crippen molar-refractivity contribution < 1.29 is 41.0 Å². The second-order valence-corrected chi connectivity index (χ2v) is 9.67. The largest absolute Gasteiger partial charge is 0.465 e. The van der Waals surface area contributed by atoms with E-state index in [4.69, 9.17) is 0 Å². The van der Waals surface area contributed by atoms with Crippen LogP contribution in [0.5, 0.6) is 0 Å². The van der Waals surface area contributed by atoms with Gasteiger partial charge in [-0.15, -0.1) is 0 Å². The van der Waals surface area contributed by atoms with E-state index < -0.39 is 54.7 Å². The number of carbonyl (C=O) groups excluding carboxylic acids is 1. The van der Waals surface area contributed by atoms with Crippen molar-refractivity contribution in [3.05, 3.63) is 17.7 Å². The molecule has 0 aliphatic carbocycles. The molecular weight excluding hydrogens is 484 g/mol. The molecule has 1 saturated heterocycles. The molecule has 2 amide bonds. The molecule has 1 fully saturated rings. The molecule has 0 radical (unpaired) electrons. The van der Waals surface area contributed by atoms with E-state index in [1.54, 1.807) is 4.57 Å². The Balaban J connectivity index is 1.97. The van der Waals surface area contributed by atoms with E-state index in [9.17, 15) is 41.0 Å². The van der Waals surface area contributed by atoms with E-state index in [2.05, 4.69) is 9.88 Å². The molecule has 2 aliphatic heterocycles. The third-order valence-electron chi connectivity index (χ3n) is 7.33. The van der Waals surface area contributed by atoms with Crippen LogP contribution in [0.15, 0.2) is 6.20 Å². The first kappa shape index (κ1) is 27.1. The van der Waals surface area contributed by atoms with E-state index in [-0.39, 0.29) is 18.3 Å². The molecule has 198 valence electrons. The van der Waals surface area contributed by atoms with Gasteiger partial charge in [0, 0.05) is 56.9 Å². The van der Waals surface area contributed by atoms with Crippen molar-refractivity contribution in [2.24, 2.45) is 11.8 Å². The second-order valence-electron chi connectivity index (χ2n) is 9.67. The Morgan fingerprint density at radius 2 is 1.74 bits per heavy atom. The van der Waals surface area contributed by atoms with Crippen LogP contribution in [0.1, 0.15) is 43.5 Å². The van der Waals surface area contributed by atoms with Gasteiger partial charge in [0.1, 0.15) is 11.5 Å². The Kier molecular flexibility index (Phi) is 7.10. The molecule has 1 aromatic rings. The smallest absolute Gasteiger partial charge is 0.407 e. The van der Waals surface area contributed by atoms with Gasteiger partial charge in [-0.05, 0) is 27.2 Å². The van der Waals surface area contributed by atoms with Crippen LogP contribution in [-0.4, -0.2) is 92.0 Å². The first-order valence-electron chi connectivity index (χ1n) is 11.2. The number of hydrogen-bond acceptors (Lipinski definition) is 4. The third-order valence-corrected chi connectivity index (χ3v) is 7.33. The summed E-state index contributed by atoms with van der Waals surface area (Å²) in [6.07, 6.45) is -11.9. The minimum atomic E-state index is -5.69. The number of alkyl halides is 6. The number of hydrogen-bond donors (Lipinski definition) is 1. The Bertz CT molecular complexity index is 948. The number of rotatable bonds is 4. The molecule has 14 heteroatoms. The summed E-state index contributed by atoms with van der Waals surface area (Å²) in [6, 6.07) is 0.225. The molecule has 2 atom stereocenters. The number of amides is 2. The molecule has 0 saturated carbocycles. The predicted octanol–water partition coefficient (Wildman–Crippen LogP) is 3.68. The van der Waals surface area contributed by atoms with Crippen molar-refractivity contribution >= 4 is 12.0 Å². The highest BCUT2D eigenvalue weighted by Crippen LogP contribution is 2.50. The van der Waals surface area contributed by atoms with Crippen LogP contribution < -0.4 is 0 Å². The monoisotopic (exact) mass is 513 g/mol. The van der Waals surface area contributed by atoms with E-state index in [1.807, 2.05) is 13.8 Å². The summed E-state index contributed by atoms with van der Waals surface area (Å²) in [6.45, 7) is 5.51. The van der Waals surface area contributed by atoms with Crippen LogP contribution in [0, 0.1) is 11.8 Å². The molecule has 2 aliphatic rings. The maximum absolute atomic E-state index is 13.7.